The Labute approximate surface area is 103 Å². The van der Waals surface area contributed by atoms with E-state index in [-0.39, 0.29) is 5.56 Å². The Morgan fingerprint density at radius 3 is 3.00 bits per heavy atom. The van der Waals surface area contributed by atoms with Gasteiger partial charge in [0.1, 0.15) is 17.4 Å². The van der Waals surface area contributed by atoms with Crippen LogP contribution in [0.5, 0.6) is 0 Å². The molecule has 1 aromatic heterocycles. The van der Waals surface area contributed by atoms with E-state index in [1.54, 1.807) is 29.7 Å². The summed E-state index contributed by atoms with van der Waals surface area (Å²) in [6.07, 6.45) is 1.78. The van der Waals surface area contributed by atoms with Gasteiger partial charge in [-0.2, -0.15) is 5.26 Å². The molecule has 0 aliphatic rings. The summed E-state index contributed by atoms with van der Waals surface area (Å²) in [5, 5.41) is 12.9. The Hall–Kier alpha value is -1.93. The molecular formula is C12H10FN3S. The second kappa shape index (κ2) is 4.93. The molecule has 5 heteroatoms. The Kier molecular flexibility index (Phi) is 3.35. The van der Waals surface area contributed by atoms with Crippen molar-refractivity contribution in [3.63, 3.8) is 0 Å². The normalized spacial score (nSPS) is 9.94. The number of aromatic nitrogens is 1. The number of nitrogens with one attached hydrogen (secondary N) is 1. The molecule has 0 bridgehead atoms. The van der Waals surface area contributed by atoms with Crippen molar-refractivity contribution < 1.29 is 4.39 Å². The van der Waals surface area contributed by atoms with Gasteiger partial charge in [-0.25, -0.2) is 9.37 Å². The minimum atomic E-state index is -0.502. The van der Waals surface area contributed by atoms with Gasteiger partial charge in [0.05, 0.1) is 17.2 Å². The minimum absolute atomic E-state index is 0.0498. The lowest BCUT2D eigenvalue weighted by molar-refractivity contribution is 0.624. The van der Waals surface area contributed by atoms with Crippen molar-refractivity contribution >= 4 is 17.0 Å². The first-order valence-electron chi connectivity index (χ1n) is 5.04. The second-order valence-electron chi connectivity index (χ2n) is 3.47. The number of hydrogen-bond acceptors (Lipinski definition) is 4. The molecule has 2 rings (SSSR count). The molecule has 0 spiro atoms. The molecule has 0 aliphatic carbocycles. The fourth-order valence-corrected chi connectivity index (χ4v) is 2.19. The van der Waals surface area contributed by atoms with Crippen LogP contribution >= 0.6 is 11.3 Å². The van der Waals surface area contributed by atoms with Gasteiger partial charge >= 0.3 is 0 Å². The van der Waals surface area contributed by atoms with Crippen LogP contribution in [0.25, 0.3) is 0 Å². The van der Waals surface area contributed by atoms with Crippen LogP contribution in [-0.2, 0) is 6.54 Å². The Balaban J connectivity index is 2.14. The predicted molar refractivity (Wildman–Crippen MR) is 65.3 cm³/mol. The molecule has 0 saturated heterocycles. The molecule has 1 N–H and O–H groups in total. The first-order chi connectivity index (χ1) is 8.20. The quantitative estimate of drug-likeness (QED) is 0.906. The van der Waals surface area contributed by atoms with Crippen LogP contribution in [0.15, 0.2) is 24.4 Å². The van der Waals surface area contributed by atoms with Gasteiger partial charge in [0.15, 0.2) is 0 Å². The molecular weight excluding hydrogens is 237 g/mol. The lowest BCUT2D eigenvalue weighted by Crippen LogP contribution is -2.01. The van der Waals surface area contributed by atoms with Crippen molar-refractivity contribution in [1.29, 1.82) is 5.26 Å². The number of hydrogen-bond donors (Lipinski definition) is 1. The standard InChI is InChI=1S/C12H10FN3S/c1-8-15-6-9(17-8)7-16-12-4-2-3-11(13)10(12)5-14/h2-4,6,16H,7H2,1H3. The summed E-state index contributed by atoms with van der Waals surface area (Å²) >= 11 is 1.57. The summed E-state index contributed by atoms with van der Waals surface area (Å²) in [4.78, 5) is 5.18. The number of aryl methyl sites for hydroxylation is 1. The largest absolute Gasteiger partial charge is 0.379 e. The van der Waals surface area contributed by atoms with Crippen molar-refractivity contribution in [2.24, 2.45) is 0 Å². The summed E-state index contributed by atoms with van der Waals surface area (Å²) in [7, 11) is 0. The van der Waals surface area contributed by atoms with Crippen LogP contribution in [0.1, 0.15) is 15.4 Å². The van der Waals surface area contributed by atoms with Gasteiger partial charge < -0.3 is 5.32 Å². The van der Waals surface area contributed by atoms with E-state index in [0.29, 0.717) is 12.2 Å². The molecule has 0 amide bonds. The Morgan fingerprint density at radius 1 is 1.53 bits per heavy atom. The van der Waals surface area contributed by atoms with E-state index in [1.807, 2.05) is 13.0 Å². The fourth-order valence-electron chi connectivity index (χ4n) is 1.45. The van der Waals surface area contributed by atoms with Crippen molar-refractivity contribution in [2.75, 3.05) is 5.32 Å². The third kappa shape index (κ3) is 2.60. The van der Waals surface area contributed by atoms with Crippen LogP contribution in [0.3, 0.4) is 0 Å². The van der Waals surface area contributed by atoms with Crippen molar-refractivity contribution in [1.82, 2.24) is 4.98 Å². The molecule has 17 heavy (non-hydrogen) atoms. The summed E-state index contributed by atoms with van der Waals surface area (Å²) in [6.45, 7) is 2.47. The van der Waals surface area contributed by atoms with Gasteiger partial charge in [-0.1, -0.05) is 6.07 Å². The predicted octanol–water partition coefficient (Wildman–Crippen LogP) is 3.07. The van der Waals surface area contributed by atoms with Crippen LogP contribution in [0.2, 0.25) is 0 Å². The highest BCUT2D eigenvalue weighted by atomic mass is 32.1. The SMILES string of the molecule is Cc1ncc(CNc2cccc(F)c2C#N)s1. The summed E-state index contributed by atoms with van der Waals surface area (Å²) < 4.78 is 13.3. The van der Waals surface area contributed by atoms with Gasteiger partial charge in [-0.05, 0) is 19.1 Å². The zero-order valence-electron chi connectivity index (χ0n) is 9.20. The maximum absolute atomic E-state index is 13.3. The second-order valence-corrected chi connectivity index (χ2v) is 4.79. The first kappa shape index (κ1) is 11.6. The summed E-state index contributed by atoms with van der Waals surface area (Å²) in [5.41, 5.74) is 0.562. The summed E-state index contributed by atoms with van der Waals surface area (Å²) in [6, 6.07) is 6.40. The van der Waals surface area contributed by atoms with E-state index in [4.69, 9.17) is 5.26 Å². The van der Waals surface area contributed by atoms with Crippen LogP contribution < -0.4 is 5.32 Å². The molecule has 0 fully saturated rings. The van der Waals surface area contributed by atoms with E-state index < -0.39 is 5.82 Å². The van der Waals surface area contributed by atoms with Gasteiger partial charge in [0.2, 0.25) is 0 Å². The van der Waals surface area contributed by atoms with Crippen molar-refractivity contribution in [3.8, 4) is 6.07 Å². The highest BCUT2D eigenvalue weighted by Crippen LogP contribution is 2.20. The zero-order valence-corrected chi connectivity index (χ0v) is 10.0. The Bertz CT molecular complexity index is 571. The lowest BCUT2D eigenvalue weighted by Gasteiger charge is -2.06. The number of nitriles is 1. The number of nitrogens with zero attached hydrogens (tertiary/aromatic N) is 2. The van der Waals surface area contributed by atoms with Crippen molar-refractivity contribution in [3.05, 3.63) is 45.7 Å². The molecule has 0 unspecified atom stereocenters. The average Bonchev–Trinajstić information content (AvgIpc) is 2.72. The minimum Gasteiger partial charge on any atom is -0.379 e. The van der Waals surface area contributed by atoms with Gasteiger partial charge in [0.25, 0.3) is 0 Å². The smallest absolute Gasteiger partial charge is 0.143 e. The number of thiazole rings is 1. The van der Waals surface area contributed by atoms with E-state index >= 15 is 0 Å². The van der Waals surface area contributed by atoms with Crippen molar-refractivity contribution in [2.45, 2.75) is 13.5 Å². The lowest BCUT2D eigenvalue weighted by atomic mass is 10.2. The Morgan fingerprint density at radius 2 is 2.35 bits per heavy atom. The van der Waals surface area contributed by atoms with E-state index in [0.717, 1.165) is 9.88 Å². The van der Waals surface area contributed by atoms with E-state index in [1.165, 1.54) is 6.07 Å². The number of rotatable bonds is 3. The molecule has 0 atom stereocenters. The molecule has 2 aromatic rings. The molecule has 0 radical (unpaired) electrons. The van der Waals surface area contributed by atoms with Crippen LogP contribution in [0, 0.1) is 24.1 Å². The third-order valence-corrected chi connectivity index (χ3v) is 3.16. The topological polar surface area (TPSA) is 48.7 Å². The number of halogens is 1. The molecule has 0 saturated carbocycles. The van der Waals surface area contributed by atoms with Gasteiger partial charge in [0, 0.05) is 11.1 Å². The highest BCUT2D eigenvalue weighted by Gasteiger charge is 2.07. The van der Waals surface area contributed by atoms with Gasteiger partial charge in [-0.3, -0.25) is 0 Å². The molecule has 1 heterocycles. The molecule has 3 nitrogen and oxygen atoms in total. The maximum atomic E-state index is 13.3. The average molecular weight is 247 g/mol. The highest BCUT2D eigenvalue weighted by molar-refractivity contribution is 7.11. The first-order valence-corrected chi connectivity index (χ1v) is 5.86. The molecule has 1 aromatic carbocycles. The molecule has 86 valence electrons. The molecule has 0 aliphatic heterocycles. The monoisotopic (exact) mass is 247 g/mol. The van der Waals surface area contributed by atoms with Crippen LogP contribution in [0.4, 0.5) is 10.1 Å². The third-order valence-electron chi connectivity index (χ3n) is 2.25. The number of anilines is 1. The zero-order chi connectivity index (χ0) is 12.3. The number of benzene rings is 1. The maximum Gasteiger partial charge on any atom is 0.143 e. The van der Waals surface area contributed by atoms with E-state index in [9.17, 15) is 4.39 Å². The van der Waals surface area contributed by atoms with E-state index in [2.05, 4.69) is 10.3 Å². The van der Waals surface area contributed by atoms with Gasteiger partial charge in [-0.15, -0.1) is 11.3 Å². The fraction of sp³-hybridized carbons (Fsp3) is 0.167. The summed E-state index contributed by atoms with van der Waals surface area (Å²) in [5.74, 6) is -0.502. The van der Waals surface area contributed by atoms with Crippen LogP contribution in [-0.4, -0.2) is 4.98 Å².